The Morgan fingerprint density at radius 2 is 2.21 bits per heavy atom. The van der Waals surface area contributed by atoms with Crippen molar-refractivity contribution < 1.29 is 18.8 Å². The molecule has 0 fully saturated rings. The van der Waals surface area contributed by atoms with Crippen LogP contribution in [0.2, 0.25) is 0 Å². The van der Waals surface area contributed by atoms with Crippen molar-refractivity contribution in [3.8, 4) is 17.5 Å². The number of methoxy groups -OCH3 is 1. The Balaban J connectivity index is 1.65. The van der Waals surface area contributed by atoms with Crippen LogP contribution in [0.25, 0.3) is 11.7 Å². The number of nitrogens with one attached hydrogen (secondary N) is 3. The fourth-order valence-corrected chi connectivity index (χ4v) is 3.12. The zero-order valence-corrected chi connectivity index (χ0v) is 15.3. The van der Waals surface area contributed by atoms with Crippen LogP contribution in [0.3, 0.4) is 0 Å². The molecule has 10 nitrogen and oxygen atoms in total. The van der Waals surface area contributed by atoms with E-state index in [0.717, 1.165) is 11.3 Å². The molecular weight excluding hydrogens is 364 g/mol. The topological polar surface area (TPSA) is 135 Å². The minimum atomic E-state index is -0.473. The molecule has 10 heteroatoms. The van der Waals surface area contributed by atoms with Crippen molar-refractivity contribution in [1.82, 2.24) is 30.7 Å². The van der Waals surface area contributed by atoms with Gasteiger partial charge in [0, 0.05) is 25.2 Å². The predicted molar refractivity (Wildman–Crippen MR) is 97.0 cm³/mol. The Morgan fingerprint density at radius 3 is 3.00 bits per heavy atom. The number of carbonyl (C=O) groups excluding carboxylic acids is 2. The average molecular weight is 382 g/mol. The molecule has 0 bridgehead atoms. The van der Waals surface area contributed by atoms with Crippen molar-refractivity contribution in [1.29, 1.82) is 0 Å². The van der Waals surface area contributed by atoms with E-state index in [4.69, 9.17) is 9.26 Å². The predicted octanol–water partition coefficient (Wildman–Crippen LogP) is 0.898. The van der Waals surface area contributed by atoms with Gasteiger partial charge in [-0.05, 0) is 24.1 Å². The molecule has 1 aliphatic rings. The second-order valence-electron chi connectivity index (χ2n) is 6.30. The van der Waals surface area contributed by atoms with Gasteiger partial charge in [0.25, 0.3) is 23.5 Å². The minimum absolute atomic E-state index is 0.0393. The van der Waals surface area contributed by atoms with Crippen molar-refractivity contribution in [2.45, 2.75) is 12.3 Å². The molecule has 1 atom stereocenters. The van der Waals surface area contributed by atoms with Gasteiger partial charge in [-0.25, -0.2) is 4.98 Å². The van der Waals surface area contributed by atoms with Gasteiger partial charge in [0.1, 0.15) is 11.4 Å². The van der Waals surface area contributed by atoms with E-state index in [0.29, 0.717) is 18.7 Å². The van der Waals surface area contributed by atoms with Gasteiger partial charge in [-0.2, -0.15) is 4.98 Å². The Morgan fingerprint density at radius 1 is 1.36 bits per heavy atom. The van der Waals surface area contributed by atoms with Crippen LogP contribution < -0.4 is 15.4 Å². The van der Waals surface area contributed by atoms with Crippen molar-refractivity contribution in [3.63, 3.8) is 0 Å². The lowest BCUT2D eigenvalue weighted by Gasteiger charge is -2.15. The van der Waals surface area contributed by atoms with Gasteiger partial charge in [-0.15, -0.1) is 0 Å². The second kappa shape index (κ2) is 7.14. The number of imidazole rings is 1. The first-order valence-corrected chi connectivity index (χ1v) is 8.66. The lowest BCUT2D eigenvalue weighted by molar-refractivity contribution is 0.0942. The van der Waals surface area contributed by atoms with E-state index in [1.807, 2.05) is 24.3 Å². The van der Waals surface area contributed by atoms with E-state index in [2.05, 4.69) is 30.7 Å². The van der Waals surface area contributed by atoms with Crippen molar-refractivity contribution in [3.05, 3.63) is 47.0 Å². The maximum absolute atomic E-state index is 12.5. The number of H-pyrrole nitrogens is 1. The molecule has 3 heterocycles. The van der Waals surface area contributed by atoms with Crippen molar-refractivity contribution in [2.75, 3.05) is 20.7 Å². The van der Waals surface area contributed by atoms with Gasteiger partial charge in [0.05, 0.1) is 7.11 Å². The summed E-state index contributed by atoms with van der Waals surface area (Å²) in [4.78, 5) is 35.5. The van der Waals surface area contributed by atoms with Crippen LogP contribution in [0.15, 0.2) is 28.8 Å². The molecule has 3 N–H and O–H groups in total. The number of amides is 2. The highest BCUT2D eigenvalue weighted by Crippen LogP contribution is 2.28. The highest BCUT2D eigenvalue weighted by atomic mass is 16.5. The summed E-state index contributed by atoms with van der Waals surface area (Å²) in [5.74, 6) is 0.214. The van der Waals surface area contributed by atoms with E-state index < -0.39 is 5.91 Å². The fourth-order valence-electron chi connectivity index (χ4n) is 3.12. The van der Waals surface area contributed by atoms with E-state index in [1.54, 1.807) is 7.11 Å². The SMILES string of the molecule is CNC(=O)c1noc(-c2nc3c([nH]2)C[C@@H](c2cccc(OC)c2)CNC3=O)n1. The monoisotopic (exact) mass is 382 g/mol. The Labute approximate surface area is 159 Å². The lowest BCUT2D eigenvalue weighted by atomic mass is 9.94. The second-order valence-corrected chi connectivity index (χ2v) is 6.30. The summed E-state index contributed by atoms with van der Waals surface area (Å²) in [5.41, 5.74) is 1.99. The fraction of sp³-hybridized carbons (Fsp3) is 0.278. The first kappa shape index (κ1) is 17.7. The van der Waals surface area contributed by atoms with Gasteiger partial charge < -0.3 is 24.9 Å². The molecule has 0 saturated heterocycles. The Bertz CT molecular complexity index is 1040. The molecular formula is C18H18N6O4. The highest BCUT2D eigenvalue weighted by molar-refractivity contribution is 5.94. The van der Waals surface area contributed by atoms with Crippen LogP contribution in [0.4, 0.5) is 0 Å². The number of aromatic nitrogens is 4. The van der Waals surface area contributed by atoms with Gasteiger partial charge in [-0.3, -0.25) is 9.59 Å². The summed E-state index contributed by atoms with van der Waals surface area (Å²) in [6, 6.07) is 7.74. The van der Waals surface area contributed by atoms with E-state index in [9.17, 15) is 9.59 Å². The normalized spacial score (nSPS) is 16.1. The van der Waals surface area contributed by atoms with Gasteiger partial charge in [0.2, 0.25) is 0 Å². The molecule has 0 radical (unpaired) electrons. The van der Waals surface area contributed by atoms with Crippen LogP contribution in [0, 0.1) is 0 Å². The van der Waals surface area contributed by atoms with Crippen LogP contribution in [-0.2, 0) is 6.42 Å². The molecule has 0 spiro atoms. The first-order chi connectivity index (χ1) is 13.6. The molecule has 4 rings (SSSR count). The summed E-state index contributed by atoms with van der Waals surface area (Å²) in [7, 11) is 3.08. The van der Waals surface area contributed by atoms with Crippen LogP contribution in [-0.4, -0.2) is 52.6 Å². The summed E-state index contributed by atoms with van der Waals surface area (Å²) >= 11 is 0. The third kappa shape index (κ3) is 3.20. The molecule has 2 amide bonds. The molecule has 0 aliphatic carbocycles. The van der Waals surface area contributed by atoms with Crippen LogP contribution in [0.1, 0.15) is 38.3 Å². The summed E-state index contributed by atoms with van der Waals surface area (Å²) in [6.45, 7) is 0.479. The number of benzene rings is 1. The van der Waals surface area contributed by atoms with Crippen molar-refractivity contribution in [2.24, 2.45) is 0 Å². The summed E-state index contributed by atoms with van der Waals surface area (Å²) in [6.07, 6.45) is 0.560. The minimum Gasteiger partial charge on any atom is -0.497 e. The van der Waals surface area contributed by atoms with E-state index >= 15 is 0 Å². The zero-order chi connectivity index (χ0) is 19.7. The molecule has 0 unspecified atom stereocenters. The number of rotatable bonds is 4. The van der Waals surface area contributed by atoms with Gasteiger partial charge in [0.15, 0.2) is 5.82 Å². The lowest BCUT2D eigenvalue weighted by Crippen LogP contribution is -2.26. The summed E-state index contributed by atoms with van der Waals surface area (Å²) in [5, 5.41) is 8.92. The Hall–Kier alpha value is -3.69. The third-order valence-corrected chi connectivity index (χ3v) is 4.58. The summed E-state index contributed by atoms with van der Waals surface area (Å²) < 4.78 is 10.4. The van der Waals surface area contributed by atoms with Crippen LogP contribution >= 0.6 is 0 Å². The van der Waals surface area contributed by atoms with E-state index in [-0.39, 0.29) is 35.1 Å². The molecule has 28 heavy (non-hydrogen) atoms. The molecule has 0 saturated carbocycles. The van der Waals surface area contributed by atoms with E-state index in [1.165, 1.54) is 7.05 Å². The standard InChI is InChI=1S/C18H18N6O4/c1-19-17(26)14-23-18(28-24-14)15-21-12-7-10(8-20-16(25)13(12)22-15)9-4-3-5-11(6-9)27-2/h3-6,10H,7-8H2,1-2H3,(H,19,26)(H,20,25)(H,21,22)/t10-/m1/s1. The average Bonchev–Trinajstić information content (AvgIpc) is 3.34. The van der Waals surface area contributed by atoms with Crippen LogP contribution in [0.5, 0.6) is 5.75 Å². The quantitative estimate of drug-likeness (QED) is 0.610. The molecule has 3 aromatic rings. The van der Waals surface area contributed by atoms with Gasteiger partial charge in [-0.1, -0.05) is 17.3 Å². The highest BCUT2D eigenvalue weighted by Gasteiger charge is 2.28. The molecule has 2 aromatic heterocycles. The molecule has 1 aromatic carbocycles. The Kier molecular flexibility index (Phi) is 4.52. The number of hydrogen-bond acceptors (Lipinski definition) is 7. The first-order valence-electron chi connectivity index (χ1n) is 8.66. The number of carbonyl (C=O) groups is 2. The van der Waals surface area contributed by atoms with Gasteiger partial charge >= 0.3 is 0 Å². The maximum atomic E-state index is 12.5. The smallest absolute Gasteiger partial charge is 0.294 e. The number of fused-ring (bicyclic) bond motifs is 1. The zero-order valence-electron chi connectivity index (χ0n) is 15.3. The number of nitrogens with zero attached hydrogens (tertiary/aromatic N) is 3. The largest absolute Gasteiger partial charge is 0.497 e. The molecule has 144 valence electrons. The number of aromatic amines is 1. The number of ether oxygens (including phenoxy) is 1. The number of hydrogen-bond donors (Lipinski definition) is 3. The maximum Gasteiger partial charge on any atom is 0.294 e. The van der Waals surface area contributed by atoms with Crippen molar-refractivity contribution >= 4 is 11.8 Å². The third-order valence-electron chi connectivity index (χ3n) is 4.58. The molecule has 1 aliphatic heterocycles.